The molecule has 7 nitrogen and oxygen atoms in total. The lowest BCUT2D eigenvalue weighted by atomic mass is 9.95. The van der Waals surface area contributed by atoms with Gasteiger partial charge in [-0.25, -0.2) is 18.2 Å². The zero-order valence-electron chi connectivity index (χ0n) is 18.1. The summed E-state index contributed by atoms with van der Waals surface area (Å²) in [6, 6.07) is 13.6. The third-order valence-corrected chi connectivity index (χ3v) is 8.55. The van der Waals surface area contributed by atoms with Crippen molar-refractivity contribution < 1.29 is 18.3 Å². The van der Waals surface area contributed by atoms with Crippen LogP contribution in [0.3, 0.4) is 0 Å². The molecule has 0 saturated carbocycles. The maximum absolute atomic E-state index is 12.4. The van der Waals surface area contributed by atoms with Crippen molar-refractivity contribution >= 4 is 32.7 Å². The van der Waals surface area contributed by atoms with E-state index in [0.717, 1.165) is 47.2 Å². The predicted molar refractivity (Wildman–Crippen MR) is 124 cm³/mol. The number of sulfone groups is 1. The van der Waals surface area contributed by atoms with Crippen LogP contribution in [-0.4, -0.2) is 46.7 Å². The first-order valence-electron chi connectivity index (χ1n) is 11.1. The van der Waals surface area contributed by atoms with Gasteiger partial charge in [0, 0.05) is 24.1 Å². The van der Waals surface area contributed by atoms with Crippen LogP contribution in [0.25, 0.3) is 11.0 Å². The van der Waals surface area contributed by atoms with E-state index in [2.05, 4.69) is 4.57 Å². The monoisotopic (exact) mass is 453 g/mol. The number of carbonyl (C=O) groups is 1. The number of fused-ring (bicyclic) bond motifs is 3. The van der Waals surface area contributed by atoms with E-state index < -0.39 is 15.9 Å². The Morgan fingerprint density at radius 3 is 2.66 bits per heavy atom. The largest absolute Gasteiger partial charge is 0.465 e. The number of carboxylic acid groups (broad SMARTS) is 1. The number of hydrogen-bond acceptors (Lipinski definition) is 4. The van der Waals surface area contributed by atoms with Gasteiger partial charge in [0.2, 0.25) is 0 Å². The highest BCUT2D eigenvalue weighted by molar-refractivity contribution is 7.91. The number of hydrogen-bond donors (Lipinski definition) is 1. The summed E-state index contributed by atoms with van der Waals surface area (Å²) in [6.07, 6.45) is 2.56. The second-order valence-electron chi connectivity index (χ2n) is 8.94. The van der Waals surface area contributed by atoms with Gasteiger partial charge in [-0.2, -0.15) is 0 Å². The number of anilines is 1. The summed E-state index contributed by atoms with van der Waals surface area (Å²) < 4.78 is 27.0. The average Bonchev–Trinajstić information content (AvgIpc) is 3.11. The summed E-state index contributed by atoms with van der Waals surface area (Å²) >= 11 is 0. The van der Waals surface area contributed by atoms with E-state index in [0.29, 0.717) is 18.5 Å². The van der Waals surface area contributed by atoms with Crippen molar-refractivity contribution in [2.75, 3.05) is 16.4 Å². The van der Waals surface area contributed by atoms with Crippen LogP contribution in [0.5, 0.6) is 0 Å². The summed E-state index contributed by atoms with van der Waals surface area (Å²) in [5, 5.41) is 9.78. The lowest BCUT2D eigenvalue weighted by Gasteiger charge is -2.33. The number of aromatic nitrogens is 2. The third kappa shape index (κ3) is 3.66. The maximum Gasteiger partial charge on any atom is 0.412 e. The molecule has 2 aliphatic rings. The molecule has 2 aromatic carbocycles. The third-order valence-electron chi connectivity index (χ3n) is 6.74. The quantitative estimate of drug-likeness (QED) is 0.642. The van der Waals surface area contributed by atoms with E-state index in [1.807, 2.05) is 49.4 Å². The van der Waals surface area contributed by atoms with Crippen molar-refractivity contribution in [1.29, 1.82) is 0 Å². The highest BCUT2D eigenvalue weighted by Crippen LogP contribution is 2.38. The molecule has 0 unspecified atom stereocenters. The highest BCUT2D eigenvalue weighted by atomic mass is 32.2. The molecule has 2 aliphatic heterocycles. The van der Waals surface area contributed by atoms with Crippen molar-refractivity contribution in [3.63, 3.8) is 0 Å². The number of rotatable bonds is 3. The van der Waals surface area contributed by atoms with E-state index >= 15 is 0 Å². The van der Waals surface area contributed by atoms with Gasteiger partial charge in [0.15, 0.2) is 9.84 Å². The van der Waals surface area contributed by atoms with Crippen molar-refractivity contribution in [1.82, 2.24) is 9.55 Å². The van der Waals surface area contributed by atoms with Gasteiger partial charge in [-0.1, -0.05) is 30.3 Å². The molecule has 3 heterocycles. The first-order valence-corrected chi connectivity index (χ1v) is 13.0. The molecule has 2 atom stereocenters. The number of amides is 1. The molecule has 0 spiro atoms. The van der Waals surface area contributed by atoms with Crippen LogP contribution in [0.2, 0.25) is 0 Å². The molecular formula is C24H27N3O4S. The molecule has 1 saturated heterocycles. The zero-order chi connectivity index (χ0) is 22.5. The van der Waals surface area contributed by atoms with Crippen LogP contribution < -0.4 is 4.90 Å². The Kier molecular flexibility index (Phi) is 5.20. The number of nitrogens with zero attached hydrogens (tertiary/aromatic N) is 3. The smallest absolute Gasteiger partial charge is 0.412 e. The van der Waals surface area contributed by atoms with Crippen molar-refractivity contribution in [3.8, 4) is 0 Å². The second kappa shape index (κ2) is 7.92. The van der Waals surface area contributed by atoms with Gasteiger partial charge in [0.25, 0.3) is 0 Å². The van der Waals surface area contributed by atoms with Crippen LogP contribution in [-0.2, 0) is 22.7 Å². The number of aryl methyl sites for hydroxylation is 1. The van der Waals surface area contributed by atoms with Crippen molar-refractivity contribution in [2.45, 2.75) is 51.1 Å². The van der Waals surface area contributed by atoms with Crippen LogP contribution in [0.15, 0.2) is 42.5 Å². The van der Waals surface area contributed by atoms with Gasteiger partial charge < -0.3 is 9.67 Å². The van der Waals surface area contributed by atoms with Gasteiger partial charge in [0.05, 0.1) is 28.2 Å². The minimum Gasteiger partial charge on any atom is -0.465 e. The summed E-state index contributed by atoms with van der Waals surface area (Å²) in [7, 11) is -3.10. The number of benzene rings is 2. The molecule has 0 bridgehead atoms. The topological polar surface area (TPSA) is 92.5 Å². The molecule has 3 aromatic rings. The van der Waals surface area contributed by atoms with Crippen LogP contribution in [0.1, 0.15) is 49.2 Å². The minimum atomic E-state index is -3.10. The summed E-state index contributed by atoms with van der Waals surface area (Å²) in [5.41, 5.74) is 4.44. The molecule has 5 rings (SSSR count). The SMILES string of the molecule is C[C@H]1CCc2c(ccc3c2nc(Cc2ccccc2)n3[C@@H]2CCCS(=O)(=O)C2)N1C(=O)O. The summed E-state index contributed by atoms with van der Waals surface area (Å²) in [6.45, 7) is 1.92. The lowest BCUT2D eigenvalue weighted by Crippen LogP contribution is -2.41. The Morgan fingerprint density at radius 2 is 1.94 bits per heavy atom. The molecule has 32 heavy (non-hydrogen) atoms. The fourth-order valence-electron chi connectivity index (χ4n) is 5.25. The highest BCUT2D eigenvalue weighted by Gasteiger charge is 2.33. The first-order chi connectivity index (χ1) is 15.3. The molecule has 8 heteroatoms. The Labute approximate surface area is 187 Å². The maximum atomic E-state index is 12.4. The van der Waals surface area contributed by atoms with E-state index in [1.54, 1.807) is 0 Å². The molecule has 0 aliphatic carbocycles. The lowest BCUT2D eigenvalue weighted by molar-refractivity contribution is 0.198. The number of imidazole rings is 1. The Bertz CT molecular complexity index is 1280. The summed E-state index contributed by atoms with van der Waals surface area (Å²) in [5.74, 6) is 1.20. The van der Waals surface area contributed by atoms with Gasteiger partial charge in [-0.15, -0.1) is 0 Å². The molecule has 1 fully saturated rings. The summed E-state index contributed by atoms with van der Waals surface area (Å²) in [4.78, 5) is 18.4. The van der Waals surface area contributed by atoms with E-state index in [1.165, 1.54) is 4.90 Å². The van der Waals surface area contributed by atoms with Crippen molar-refractivity contribution in [2.24, 2.45) is 0 Å². The minimum absolute atomic E-state index is 0.0909. The fourth-order valence-corrected chi connectivity index (χ4v) is 6.93. The zero-order valence-corrected chi connectivity index (χ0v) is 18.9. The average molecular weight is 454 g/mol. The van der Waals surface area contributed by atoms with Crippen LogP contribution >= 0.6 is 0 Å². The molecule has 1 N–H and O–H groups in total. The molecule has 0 radical (unpaired) electrons. The standard InChI is InChI=1S/C24H27N3O4S/c1-16-9-10-19-20(26(16)24(28)29)11-12-21-23(19)25-22(14-17-6-3-2-4-7-17)27(21)18-8-5-13-32(30,31)15-18/h2-4,6-7,11-12,16,18H,5,8-10,13-15H2,1H3,(H,28,29)/t16-,18+/m0/s1. The van der Waals surface area contributed by atoms with Gasteiger partial charge >= 0.3 is 6.09 Å². The van der Waals surface area contributed by atoms with E-state index in [-0.39, 0.29) is 23.6 Å². The Hall–Kier alpha value is -2.87. The molecule has 168 valence electrons. The Morgan fingerprint density at radius 1 is 1.16 bits per heavy atom. The normalized spacial score (nSPS) is 22.6. The second-order valence-corrected chi connectivity index (χ2v) is 11.2. The molecular weight excluding hydrogens is 426 g/mol. The van der Waals surface area contributed by atoms with Crippen LogP contribution in [0.4, 0.5) is 10.5 Å². The Balaban J connectivity index is 1.69. The fraction of sp³-hybridized carbons (Fsp3) is 0.417. The molecule has 1 aromatic heterocycles. The van der Waals surface area contributed by atoms with Gasteiger partial charge in [0.1, 0.15) is 5.82 Å². The van der Waals surface area contributed by atoms with Crippen molar-refractivity contribution in [3.05, 3.63) is 59.4 Å². The van der Waals surface area contributed by atoms with Crippen LogP contribution in [0, 0.1) is 0 Å². The first kappa shape index (κ1) is 21.0. The van der Waals surface area contributed by atoms with Gasteiger partial charge in [-0.05, 0) is 50.3 Å². The van der Waals surface area contributed by atoms with E-state index in [9.17, 15) is 18.3 Å². The predicted octanol–water partition coefficient (Wildman–Crippen LogP) is 4.20. The van der Waals surface area contributed by atoms with E-state index in [4.69, 9.17) is 4.98 Å². The van der Waals surface area contributed by atoms with Gasteiger partial charge in [-0.3, -0.25) is 4.90 Å². The molecule has 1 amide bonds.